The predicted octanol–water partition coefficient (Wildman–Crippen LogP) is 2.64. The Labute approximate surface area is 164 Å². The van der Waals surface area contributed by atoms with E-state index in [0.717, 1.165) is 36.0 Å². The number of aryl methyl sites for hydroxylation is 2. The van der Waals surface area contributed by atoms with Crippen LogP contribution in [0.4, 0.5) is 5.69 Å². The lowest BCUT2D eigenvalue weighted by molar-refractivity contribution is 0.0748. The lowest BCUT2D eigenvalue weighted by Gasteiger charge is -2.36. The van der Waals surface area contributed by atoms with Gasteiger partial charge in [-0.1, -0.05) is 12.1 Å². The molecule has 0 aliphatic carbocycles. The number of ether oxygens (including phenoxy) is 1. The number of aromatic nitrogens is 3. The van der Waals surface area contributed by atoms with Crippen molar-refractivity contribution in [1.82, 2.24) is 19.4 Å². The summed E-state index contributed by atoms with van der Waals surface area (Å²) in [7, 11) is 1.92. The summed E-state index contributed by atoms with van der Waals surface area (Å²) in [4.78, 5) is 26.3. The van der Waals surface area contributed by atoms with Gasteiger partial charge in [0.1, 0.15) is 17.1 Å². The van der Waals surface area contributed by atoms with E-state index in [9.17, 15) is 4.79 Å². The number of imidazole rings is 1. The van der Waals surface area contributed by atoms with Crippen LogP contribution in [0, 0.1) is 6.92 Å². The quantitative estimate of drug-likeness (QED) is 0.697. The summed E-state index contributed by atoms with van der Waals surface area (Å²) in [6.07, 6.45) is 1.69. The van der Waals surface area contributed by atoms with Crippen LogP contribution in [0.15, 0.2) is 36.5 Å². The van der Waals surface area contributed by atoms with Crippen molar-refractivity contribution in [3.63, 3.8) is 0 Å². The first-order valence-electron chi connectivity index (χ1n) is 9.64. The highest BCUT2D eigenvalue weighted by atomic mass is 16.5. The van der Waals surface area contributed by atoms with Gasteiger partial charge in [-0.05, 0) is 32.0 Å². The Balaban J connectivity index is 1.52. The van der Waals surface area contributed by atoms with E-state index >= 15 is 0 Å². The molecule has 0 atom stereocenters. The maximum atomic E-state index is 13.2. The monoisotopic (exact) mass is 379 g/mol. The fourth-order valence-electron chi connectivity index (χ4n) is 3.68. The van der Waals surface area contributed by atoms with E-state index in [1.54, 1.807) is 12.3 Å². The number of nitrogens with zero attached hydrogens (tertiary/aromatic N) is 5. The average molecular weight is 379 g/mol. The molecule has 2 aromatic heterocycles. The minimum atomic E-state index is 0.0169. The van der Waals surface area contributed by atoms with E-state index < -0.39 is 0 Å². The molecule has 1 amide bonds. The number of hydrogen-bond donors (Lipinski definition) is 0. The number of piperazine rings is 1. The number of rotatable bonds is 4. The second kappa shape index (κ2) is 7.50. The molecular weight excluding hydrogens is 354 g/mol. The Morgan fingerprint density at radius 1 is 1.14 bits per heavy atom. The van der Waals surface area contributed by atoms with E-state index in [1.807, 2.05) is 48.6 Å². The Hall–Kier alpha value is -3.09. The number of pyridine rings is 1. The molecule has 7 nitrogen and oxygen atoms in total. The Kier molecular flexibility index (Phi) is 4.90. The van der Waals surface area contributed by atoms with Crippen LogP contribution >= 0.6 is 0 Å². The number of anilines is 1. The zero-order valence-electron chi connectivity index (χ0n) is 16.6. The van der Waals surface area contributed by atoms with Gasteiger partial charge in [0, 0.05) is 39.4 Å². The van der Waals surface area contributed by atoms with Gasteiger partial charge in [-0.15, -0.1) is 0 Å². The molecule has 1 aromatic carbocycles. The molecule has 4 rings (SSSR count). The summed E-state index contributed by atoms with van der Waals surface area (Å²) in [6.45, 7) is 7.41. The Bertz CT molecular complexity index is 1010. The molecule has 0 unspecified atom stereocenters. The summed E-state index contributed by atoms with van der Waals surface area (Å²) in [5, 5.41) is 0. The van der Waals surface area contributed by atoms with Crippen LogP contribution < -0.4 is 9.64 Å². The first-order valence-corrected chi connectivity index (χ1v) is 9.64. The van der Waals surface area contributed by atoms with Crippen LogP contribution in [0.5, 0.6) is 5.75 Å². The second-order valence-electron chi connectivity index (χ2n) is 6.93. The SMILES string of the molecule is CCOc1ccccc1N1CCN(C(=O)c2ccnc3c2nc(C)n3C)CC1. The molecule has 3 aromatic rings. The zero-order chi connectivity index (χ0) is 19.7. The van der Waals surface area contributed by atoms with Crippen LogP contribution in [0.1, 0.15) is 23.1 Å². The maximum Gasteiger partial charge on any atom is 0.256 e. The lowest BCUT2D eigenvalue weighted by atomic mass is 10.1. The standard InChI is InChI=1S/C21H25N5O2/c1-4-28-18-8-6-5-7-17(18)25-11-13-26(14-12-25)21(27)16-9-10-22-20-19(16)23-15(2)24(20)3/h5-10H,4,11-14H2,1-3H3. The van der Waals surface area contributed by atoms with Crippen LogP contribution in [0.2, 0.25) is 0 Å². The molecule has 1 aliphatic rings. The first kappa shape index (κ1) is 18.3. The van der Waals surface area contributed by atoms with E-state index in [-0.39, 0.29) is 5.91 Å². The highest BCUT2D eigenvalue weighted by Gasteiger charge is 2.26. The molecule has 0 N–H and O–H groups in total. The van der Waals surface area contributed by atoms with E-state index in [2.05, 4.69) is 20.9 Å². The summed E-state index contributed by atoms with van der Waals surface area (Å²) in [5.41, 5.74) is 3.13. The predicted molar refractivity (Wildman–Crippen MR) is 109 cm³/mol. The number of carbonyl (C=O) groups is 1. The van der Waals surface area contributed by atoms with E-state index in [0.29, 0.717) is 30.8 Å². The Morgan fingerprint density at radius 2 is 1.89 bits per heavy atom. The van der Waals surface area contributed by atoms with Crippen molar-refractivity contribution in [2.75, 3.05) is 37.7 Å². The summed E-state index contributed by atoms with van der Waals surface area (Å²) < 4.78 is 7.67. The normalized spacial score (nSPS) is 14.5. The highest BCUT2D eigenvalue weighted by molar-refractivity contribution is 6.04. The molecule has 1 saturated heterocycles. The fraction of sp³-hybridized carbons (Fsp3) is 0.381. The maximum absolute atomic E-state index is 13.2. The largest absolute Gasteiger partial charge is 0.492 e. The third kappa shape index (κ3) is 3.17. The molecule has 28 heavy (non-hydrogen) atoms. The Morgan fingerprint density at radius 3 is 2.64 bits per heavy atom. The van der Waals surface area contributed by atoms with E-state index in [1.165, 1.54) is 0 Å². The number of benzene rings is 1. The van der Waals surface area contributed by atoms with Gasteiger partial charge in [0.15, 0.2) is 5.65 Å². The number of carbonyl (C=O) groups excluding carboxylic acids is 1. The van der Waals surface area contributed by atoms with Gasteiger partial charge in [0.25, 0.3) is 5.91 Å². The number of hydrogen-bond acceptors (Lipinski definition) is 5. The average Bonchev–Trinajstić information content (AvgIpc) is 3.02. The van der Waals surface area contributed by atoms with Gasteiger partial charge in [0.05, 0.1) is 17.9 Å². The van der Waals surface area contributed by atoms with E-state index in [4.69, 9.17) is 4.74 Å². The van der Waals surface area contributed by atoms with Crippen molar-refractivity contribution in [2.45, 2.75) is 13.8 Å². The van der Waals surface area contributed by atoms with Crippen molar-refractivity contribution in [1.29, 1.82) is 0 Å². The van der Waals surface area contributed by atoms with Gasteiger partial charge < -0.3 is 19.1 Å². The minimum Gasteiger partial charge on any atom is -0.492 e. The molecule has 1 fully saturated rings. The van der Waals surface area contributed by atoms with Crippen molar-refractivity contribution in [3.8, 4) is 5.75 Å². The molecule has 146 valence electrons. The fourth-order valence-corrected chi connectivity index (χ4v) is 3.68. The molecule has 0 saturated carbocycles. The van der Waals surface area contributed by atoms with Gasteiger partial charge in [-0.2, -0.15) is 0 Å². The van der Waals surface area contributed by atoms with Crippen LogP contribution in [0.3, 0.4) is 0 Å². The number of para-hydroxylation sites is 2. The van der Waals surface area contributed by atoms with Crippen LogP contribution in [-0.4, -0.2) is 58.1 Å². The van der Waals surface area contributed by atoms with Gasteiger partial charge >= 0.3 is 0 Å². The first-order chi connectivity index (χ1) is 13.6. The smallest absolute Gasteiger partial charge is 0.256 e. The van der Waals surface area contributed by atoms with Gasteiger partial charge in [-0.25, -0.2) is 9.97 Å². The lowest BCUT2D eigenvalue weighted by Crippen LogP contribution is -2.49. The van der Waals surface area contributed by atoms with Gasteiger partial charge in [-0.3, -0.25) is 4.79 Å². The zero-order valence-corrected chi connectivity index (χ0v) is 16.6. The summed E-state index contributed by atoms with van der Waals surface area (Å²) >= 11 is 0. The third-order valence-electron chi connectivity index (χ3n) is 5.28. The molecule has 3 heterocycles. The van der Waals surface area contributed by atoms with Crippen LogP contribution in [0.25, 0.3) is 11.2 Å². The highest BCUT2D eigenvalue weighted by Crippen LogP contribution is 2.29. The molecular formula is C21H25N5O2. The molecule has 0 radical (unpaired) electrons. The molecule has 0 bridgehead atoms. The molecule has 7 heteroatoms. The van der Waals surface area contributed by atoms with Gasteiger partial charge in [0.2, 0.25) is 0 Å². The van der Waals surface area contributed by atoms with Crippen LogP contribution in [-0.2, 0) is 7.05 Å². The van der Waals surface area contributed by atoms with Crippen molar-refractivity contribution in [2.24, 2.45) is 7.05 Å². The second-order valence-corrected chi connectivity index (χ2v) is 6.93. The number of fused-ring (bicyclic) bond motifs is 1. The molecule has 1 aliphatic heterocycles. The van der Waals surface area contributed by atoms with Crippen molar-refractivity contribution >= 4 is 22.8 Å². The van der Waals surface area contributed by atoms with Crippen molar-refractivity contribution < 1.29 is 9.53 Å². The summed E-state index contributed by atoms with van der Waals surface area (Å²) in [6, 6.07) is 9.84. The molecule has 0 spiro atoms. The topological polar surface area (TPSA) is 63.5 Å². The number of amides is 1. The summed E-state index contributed by atoms with van der Waals surface area (Å²) in [5.74, 6) is 1.76. The van der Waals surface area contributed by atoms with Crippen molar-refractivity contribution in [3.05, 3.63) is 47.9 Å². The minimum absolute atomic E-state index is 0.0169. The third-order valence-corrected chi connectivity index (χ3v) is 5.28.